The minimum atomic E-state index is -0.218. The van der Waals surface area contributed by atoms with Gasteiger partial charge in [0.15, 0.2) is 0 Å². The van der Waals surface area contributed by atoms with E-state index in [0.717, 1.165) is 5.56 Å². The third-order valence-corrected chi connectivity index (χ3v) is 4.85. The molecule has 31 heavy (non-hydrogen) atoms. The average Bonchev–Trinajstić information content (AvgIpc) is 2.77. The number of carbonyl (C=O) groups is 2. The lowest BCUT2D eigenvalue weighted by Crippen LogP contribution is -2.23. The van der Waals surface area contributed by atoms with E-state index < -0.39 is 0 Å². The van der Waals surface area contributed by atoms with Gasteiger partial charge in [0, 0.05) is 41.6 Å². The van der Waals surface area contributed by atoms with E-state index in [0.29, 0.717) is 53.0 Å². The van der Waals surface area contributed by atoms with E-state index in [1.54, 1.807) is 48.8 Å². The number of hydrogen-bond acceptors (Lipinski definition) is 4. The number of benzene rings is 2. The van der Waals surface area contributed by atoms with E-state index in [9.17, 15) is 9.59 Å². The Bertz CT molecular complexity index is 1050. The highest BCUT2D eigenvalue weighted by Crippen LogP contribution is 2.27. The molecule has 0 aliphatic rings. The van der Waals surface area contributed by atoms with Crippen LogP contribution >= 0.6 is 23.2 Å². The van der Waals surface area contributed by atoms with Crippen LogP contribution in [0.5, 0.6) is 5.75 Å². The van der Waals surface area contributed by atoms with E-state index in [-0.39, 0.29) is 11.8 Å². The van der Waals surface area contributed by atoms with Crippen LogP contribution in [0.2, 0.25) is 10.0 Å². The van der Waals surface area contributed by atoms with Crippen LogP contribution in [0.1, 0.15) is 28.8 Å². The number of ether oxygens (including phenoxy) is 1. The van der Waals surface area contributed by atoms with Gasteiger partial charge in [0.2, 0.25) is 5.91 Å². The molecule has 8 heteroatoms. The summed E-state index contributed by atoms with van der Waals surface area (Å²) in [5.74, 6) is 0.235. The lowest BCUT2D eigenvalue weighted by molar-refractivity contribution is -0.121. The Balaban J connectivity index is 1.40. The third-order valence-electron chi connectivity index (χ3n) is 4.32. The van der Waals surface area contributed by atoms with Gasteiger partial charge >= 0.3 is 0 Å². The van der Waals surface area contributed by atoms with Gasteiger partial charge in [-0.25, -0.2) is 0 Å². The molecule has 0 radical (unpaired) electrons. The summed E-state index contributed by atoms with van der Waals surface area (Å²) in [6.45, 7) is 0.729. The standard InChI is InChI=1S/C23H21Cl2N3O3/c24-18-6-7-21(20(25)14-18)31-12-2-5-22(29)27-15-16-3-1-4-19(13-16)28-23(30)17-8-10-26-11-9-17/h1,3-4,6-11,13-14H,2,5,12,15H2,(H,27,29)(H,28,30). The zero-order valence-electron chi connectivity index (χ0n) is 16.6. The molecule has 0 aliphatic heterocycles. The highest BCUT2D eigenvalue weighted by molar-refractivity contribution is 6.35. The zero-order chi connectivity index (χ0) is 22.1. The van der Waals surface area contributed by atoms with Crippen molar-refractivity contribution in [3.63, 3.8) is 0 Å². The molecule has 1 heterocycles. The summed E-state index contributed by atoms with van der Waals surface area (Å²) in [6, 6.07) is 15.6. The fraction of sp³-hybridized carbons (Fsp3) is 0.174. The molecular weight excluding hydrogens is 437 g/mol. The quantitative estimate of drug-likeness (QED) is 0.437. The Morgan fingerprint density at radius 2 is 1.81 bits per heavy atom. The maximum absolute atomic E-state index is 12.2. The Kier molecular flexibility index (Phi) is 8.27. The zero-order valence-corrected chi connectivity index (χ0v) is 18.1. The molecule has 2 N–H and O–H groups in total. The first-order valence-electron chi connectivity index (χ1n) is 9.66. The van der Waals surface area contributed by atoms with Crippen molar-refractivity contribution in [1.29, 1.82) is 0 Å². The van der Waals surface area contributed by atoms with Gasteiger partial charge in [0.25, 0.3) is 5.91 Å². The minimum Gasteiger partial charge on any atom is -0.492 e. The monoisotopic (exact) mass is 457 g/mol. The first-order chi connectivity index (χ1) is 15.0. The number of amides is 2. The summed E-state index contributed by atoms with van der Waals surface area (Å²) in [5.41, 5.74) is 2.06. The van der Waals surface area contributed by atoms with Crippen LogP contribution in [0.4, 0.5) is 5.69 Å². The summed E-state index contributed by atoms with van der Waals surface area (Å²) in [6.07, 6.45) is 4.00. The van der Waals surface area contributed by atoms with Gasteiger partial charge in [-0.05, 0) is 54.4 Å². The van der Waals surface area contributed by atoms with Crippen LogP contribution < -0.4 is 15.4 Å². The number of nitrogens with zero attached hydrogens (tertiary/aromatic N) is 1. The summed E-state index contributed by atoms with van der Waals surface area (Å²) >= 11 is 11.9. The van der Waals surface area contributed by atoms with Crippen molar-refractivity contribution >= 4 is 40.7 Å². The molecule has 0 saturated carbocycles. The normalized spacial score (nSPS) is 10.4. The second kappa shape index (κ2) is 11.3. The topological polar surface area (TPSA) is 80.3 Å². The highest BCUT2D eigenvalue weighted by Gasteiger charge is 2.07. The van der Waals surface area contributed by atoms with Crippen molar-refractivity contribution in [3.8, 4) is 5.75 Å². The van der Waals surface area contributed by atoms with Crippen molar-refractivity contribution in [2.24, 2.45) is 0 Å². The number of halogens is 2. The van der Waals surface area contributed by atoms with Crippen molar-refractivity contribution < 1.29 is 14.3 Å². The Morgan fingerprint density at radius 3 is 2.58 bits per heavy atom. The van der Waals surface area contributed by atoms with Gasteiger partial charge in [-0.3, -0.25) is 14.6 Å². The molecule has 160 valence electrons. The number of nitrogens with one attached hydrogen (secondary N) is 2. The van der Waals surface area contributed by atoms with Crippen LogP contribution in [0.3, 0.4) is 0 Å². The number of carbonyl (C=O) groups excluding carboxylic acids is 2. The van der Waals surface area contributed by atoms with Crippen LogP contribution in [0.25, 0.3) is 0 Å². The molecule has 0 aliphatic carbocycles. The first-order valence-corrected chi connectivity index (χ1v) is 10.4. The molecule has 0 bridgehead atoms. The largest absolute Gasteiger partial charge is 0.492 e. The molecule has 0 fully saturated rings. The second-order valence-corrected chi connectivity index (χ2v) is 7.54. The van der Waals surface area contributed by atoms with Crippen molar-refractivity contribution in [2.75, 3.05) is 11.9 Å². The number of pyridine rings is 1. The van der Waals surface area contributed by atoms with Crippen LogP contribution in [-0.4, -0.2) is 23.4 Å². The molecule has 0 unspecified atom stereocenters. The minimum absolute atomic E-state index is 0.0861. The summed E-state index contributed by atoms with van der Waals surface area (Å²) < 4.78 is 5.58. The van der Waals surface area contributed by atoms with E-state index in [1.165, 1.54) is 0 Å². The third kappa shape index (κ3) is 7.27. The maximum Gasteiger partial charge on any atom is 0.255 e. The van der Waals surface area contributed by atoms with Crippen molar-refractivity contribution in [2.45, 2.75) is 19.4 Å². The maximum atomic E-state index is 12.2. The molecule has 0 spiro atoms. The molecule has 2 aromatic carbocycles. The van der Waals surface area contributed by atoms with Gasteiger partial charge in [0.1, 0.15) is 5.75 Å². The Labute approximate surface area is 190 Å². The van der Waals surface area contributed by atoms with Crippen LogP contribution in [0, 0.1) is 0 Å². The van der Waals surface area contributed by atoms with E-state index in [4.69, 9.17) is 27.9 Å². The summed E-state index contributed by atoms with van der Waals surface area (Å²) in [4.78, 5) is 28.2. The van der Waals surface area contributed by atoms with Gasteiger partial charge < -0.3 is 15.4 Å². The number of anilines is 1. The smallest absolute Gasteiger partial charge is 0.255 e. The predicted molar refractivity (Wildman–Crippen MR) is 122 cm³/mol. The van der Waals surface area contributed by atoms with E-state index in [1.807, 2.05) is 18.2 Å². The molecule has 3 rings (SSSR count). The van der Waals surface area contributed by atoms with Crippen LogP contribution in [-0.2, 0) is 11.3 Å². The Morgan fingerprint density at radius 1 is 1.00 bits per heavy atom. The van der Waals surface area contributed by atoms with Gasteiger partial charge in [-0.15, -0.1) is 0 Å². The van der Waals surface area contributed by atoms with Gasteiger partial charge in [-0.2, -0.15) is 0 Å². The van der Waals surface area contributed by atoms with Gasteiger partial charge in [-0.1, -0.05) is 35.3 Å². The second-order valence-electron chi connectivity index (χ2n) is 6.69. The number of rotatable bonds is 9. The first kappa shape index (κ1) is 22.6. The summed E-state index contributed by atoms with van der Waals surface area (Å²) in [7, 11) is 0. The lowest BCUT2D eigenvalue weighted by atomic mass is 10.2. The molecule has 0 saturated heterocycles. The Hall–Kier alpha value is -3.09. The molecular formula is C23H21Cl2N3O3. The molecule has 2 amide bonds. The number of aromatic nitrogens is 1. The van der Waals surface area contributed by atoms with Crippen LogP contribution in [0.15, 0.2) is 67.0 Å². The number of hydrogen-bond donors (Lipinski definition) is 2. The summed E-state index contributed by atoms with van der Waals surface area (Å²) in [5, 5.41) is 6.68. The molecule has 0 atom stereocenters. The van der Waals surface area contributed by atoms with Crippen molar-refractivity contribution in [1.82, 2.24) is 10.3 Å². The fourth-order valence-corrected chi connectivity index (χ4v) is 3.22. The SMILES string of the molecule is O=C(CCCOc1ccc(Cl)cc1Cl)NCc1cccc(NC(=O)c2ccncc2)c1. The van der Waals surface area contributed by atoms with Crippen molar-refractivity contribution in [3.05, 3.63) is 88.2 Å². The molecule has 1 aromatic heterocycles. The van der Waals surface area contributed by atoms with Gasteiger partial charge in [0.05, 0.1) is 11.6 Å². The van der Waals surface area contributed by atoms with E-state index in [2.05, 4.69) is 15.6 Å². The van der Waals surface area contributed by atoms with E-state index >= 15 is 0 Å². The lowest BCUT2D eigenvalue weighted by Gasteiger charge is -2.10. The fourth-order valence-electron chi connectivity index (χ4n) is 2.76. The molecule has 6 nitrogen and oxygen atoms in total. The predicted octanol–water partition coefficient (Wildman–Crippen LogP) is 5.12. The molecule has 3 aromatic rings. The average molecular weight is 458 g/mol. The highest BCUT2D eigenvalue weighted by atomic mass is 35.5.